The molecule has 6 nitrogen and oxygen atoms in total. The molecule has 0 aliphatic heterocycles. The predicted molar refractivity (Wildman–Crippen MR) is 270 cm³/mol. The first kappa shape index (κ1) is 61.4. The zero-order valence-corrected chi connectivity index (χ0v) is 43.2. The van der Waals surface area contributed by atoms with Crippen LogP contribution < -0.4 is 0 Å². The molecule has 0 saturated heterocycles. The molecule has 63 heavy (non-hydrogen) atoms. The molecule has 374 valence electrons. The maximum absolute atomic E-state index is 12.8. The first-order valence-electron chi connectivity index (χ1n) is 28.3. The van der Waals surface area contributed by atoms with Crippen LogP contribution in [0.15, 0.2) is 0 Å². The Balaban J connectivity index is 4.29. The minimum Gasteiger partial charge on any atom is -0.462 e. The Bertz CT molecular complexity index is 964. The van der Waals surface area contributed by atoms with Crippen molar-refractivity contribution in [3.05, 3.63) is 0 Å². The van der Waals surface area contributed by atoms with Gasteiger partial charge in [0, 0.05) is 19.3 Å². The van der Waals surface area contributed by atoms with Gasteiger partial charge in [-0.2, -0.15) is 0 Å². The maximum Gasteiger partial charge on any atom is 0.306 e. The molecule has 0 aromatic carbocycles. The highest BCUT2D eigenvalue weighted by atomic mass is 16.6. The smallest absolute Gasteiger partial charge is 0.306 e. The fourth-order valence-electron chi connectivity index (χ4n) is 8.66. The Morgan fingerprint density at radius 2 is 0.603 bits per heavy atom. The van der Waals surface area contributed by atoms with Crippen molar-refractivity contribution < 1.29 is 28.6 Å². The topological polar surface area (TPSA) is 78.9 Å². The Labute approximate surface area is 393 Å². The quantitative estimate of drug-likeness (QED) is 0.0344. The minimum atomic E-state index is -0.762. The fourth-order valence-corrected chi connectivity index (χ4v) is 8.66. The number of ether oxygens (including phenoxy) is 3. The lowest BCUT2D eigenvalue weighted by Crippen LogP contribution is -2.30. The zero-order chi connectivity index (χ0) is 46.1. The molecule has 0 aromatic rings. The van der Waals surface area contributed by atoms with E-state index >= 15 is 0 Å². The molecule has 0 aliphatic carbocycles. The van der Waals surface area contributed by atoms with Crippen LogP contribution in [0.4, 0.5) is 0 Å². The van der Waals surface area contributed by atoms with Crippen molar-refractivity contribution in [3.8, 4) is 0 Å². The molecule has 0 amide bonds. The van der Waals surface area contributed by atoms with Gasteiger partial charge in [0.2, 0.25) is 0 Å². The fraction of sp³-hybridized carbons (Fsp3) is 0.947. The van der Waals surface area contributed by atoms with Gasteiger partial charge in [-0.25, -0.2) is 0 Å². The number of esters is 3. The first-order valence-corrected chi connectivity index (χ1v) is 28.3. The van der Waals surface area contributed by atoms with Crippen LogP contribution in [0.25, 0.3) is 0 Å². The molecule has 0 radical (unpaired) electrons. The number of carbonyl (C=O) groups is 3. The van der Waals surface area contributed by atoms with Gasteiger partial charge in [0.1, 0.15) is 13.2 Å². The standard InChI is InChI=1S/C57H110O6/c1-6-8-9-10-11-12-13-14-18-21-27-32-37-42-47-55(58)61-50-54(63-57(60)49-44-39-34-29-24-23-25-30-35-40-45-52(3)4)51-62-56(59)48-43-38-33-28-22-19-16-15-17-20-26-31-36-41-46-53(5)7-2/h52-54H,6-51H2,1-5H3/t53?,54-/m0/s1. The average Bonchev–Trinajstić information content (AvgIpc) is 3.27. The number of rotatable bonds is 51. The summed E-state index contributed by atoms with van der Waals surface area (Å²) in [4.78, 5) is 38.1. The molecule has 0 N–H and O–H groups in total. The van der Waals surface area contributed by atoms with Crippen molar-refractivity contribution in [2.75, 3.05) is 13.2 Å². The third-order valence-electron chi connectivity index (χ3n) is 13.3. The molecule has 0 aromatic heterocycles. The molecular formula is C57H110O6. The summed E-state index contributed by atoms with van der Waals surface area (Å²) in [5.74, 6) is 0.870. The first-order chi connectivity index (χ1) is 30.8. The molecule has 0 heterocycles. The summed E-state index contributed by atoms with van der Waals surface area (Å²) in [5, 5.41) is 0. The van der Waals surface area contributed by atoms with E-state index in [1.807, 2.05) is 0 Å². The summed E-state index contributed by atoms with van der Waals surface area (Å²) in [7, 11) is 0. The molecule has 0 aliphatic rings. The molecule has 1 unspecified atom stereocenters. The lowest BCUT2D eigenvalue weighted by atomic mass is 9.99. The van der Waals surface area contributed by atoms with Crippen LogP contribution in [0.3, 0.4) is 0 Å². The third kappa shape index (κ3) is 49.7. The normalized spacial score (nSPS) is 12.5. The van der Waals surface area contributed by atoms with E-state index in [4.69, 9.17) is 14.2 Å². The van der Waals surface area contributed by atoms with Crippen molar-refractivity contribution in [2.45, 2.75) is 323 Å². The van der Waals surface area contributed by atoms with Crippen molar-refractivity contribution in [1.82, 2.24) is 0 Å². The molecular weight excluding hydrogens is 781 g/mol. The van der Waals surface area contributed by atoms with Gasteiger partial charge in [-0.15, -0.1) is 0 Å². The number of hydrogen-bond acceptors (Lipinski definition) is 6. The van der Waals surface area contributed by atoms with Gasteiger partial charge in [-0.05, 0) is 31.1 Å². The highest BCUT2D eigenvalue weighted by molar-refractivity contribution is 5.71. The summed E-state index contributed by atoms with van der Waals surface area (Å²) in [6, 6.07) is 0. The molecule has 0 saturated carbocycles. The summed E-state index contributed by atoms with van der Waals surface area (Å²) in [5.41, 5.74) is 0. The molecule has 0 rings (SSSR count). The minimum absolute atomic E-state index is 0.0630. The van der Waals surface area contributed by atoms with Crippen LogP contribution in [0.2, 0.25) is 0 Å². The summed E-state index contributed by atoms with van der Waals surface area (Å²) >= 11 is 0. The zero-order valence-electron chi connectivity index (χ0n) is 43.2. The maximum atomic E-state index is 12.8. The Kier molecular flexibility index (Phi) is 48.6. The van der Waals surface area contributed by atoms with Crippen molar-refractivity contribution in [1.29, 1.82) is 0 Å². The molecule has 0 fully saturated rings. The number of unbranched alkanes of at least 4 members (excludes halogenated alkanes) is 35. The molecule has 2 atom stereocenters. The van der Waals surface area contributed by atoms with Crippen LogP contribution in [-0.2, 0) is 28.6 Å². The summed E-state index contributed by atoms with van der Waals surface area (Å²) in [6.45, 7) is 11.4. The number of hydrogen-bond donors (Lipinski definition) is 0. The lowest BCUT2D eigenvalue weighted by molar-refractivity contribution is -0.167. The van der Waals surface area contributed by atoms with Gasteiger partial charge in [0.05, 0.1) is 0 Å². The van der Waals surface area contributed by atoms with Gasteiger partial charge in [-0.3, -0.25) is 14.4 Å². The second-order valence-electron chi connectivity index (χ2n) is 20.3. The van der Waals surface area contributed by atoms with E-state index in [1.54, 1.807) is 0 Å². The Morgan fingerprint density at radius 3 is 0.905 bits per heavy atom. The van der Waals surface area contributed by atoms with Crippen LogP contribution in [-0.4, -0.2) is 37.2 Å². The highest BCUT2D eigenvalue weighted by Gasteiger charge is 2.19. The SMILES string of the molecule is CCCCCCCCCCCCCCCCC(=O)OC[C@@H](COC(=O)CCCCCCCCCCCCCCCCC(C)CC)OC(=O)CCCCCCCCCCCCC(C)C. The second kappa shape index (κ2) is 49.8. The van der Waals surface area contributed by atoms with Gasteiger partial charge in [-0.1, -0.05) is 279 Å². The van der Waals surface area contributed by atoms with E-state index < -0.39 is 6.10 Å². The van der Waals surface area contributed by atoms with Crippen LogP contribution in [0.5, 0.6) is 0 Å². The van der Waals surface area contributed by atoms with Crippen molar-refractivity contribution in [2.24, 2.45) is 11.8 Å². The Hall–Kier alpha value is -1.59. The van der Waals surface area contributed by atoms with Gasteiger partial charge in [0.25, 0.3) is 0 Å². The van der Waals surface area contributed by atoms with E-state index in [9.17, 15) is 14.4 Å². The van der Waals surface area contributed by atoms with Crippen LogP contribution >= 0.6 is 0 Å². The molecule has 0 bridgehead atoms. The van der Waals surface area contributed by atoms with Gasteiger partial charge < -0.3 is 14.2 Å². The molecule has 6 heteroatoms. The Morgan fingerprint density at radius 1 is 0.333 bits per heavy atom. The van der Waals surface area contributed by atoms with Gasteiger partial charge in [0.15, 0.2) is 6.10 Å². The third-order valence-corrected chi connectivity index (χ3v) is 13.3. The van der Waals surface area contributed by atoms with E-state index in [-0.39, 0.29) is 31.1 Å². The van der Waals surface area contributed by atoms with E-state index in [0.29, 0.717) is 19.3 Å². The lowest BCUT2D eigenvalue weighted by Gasteiger charge is -2.18. The van der Waals surface area contributed by atoms with Crippen molar-refractivity contribution >= 4 is 17.9 Å². The monoisotopic (exact) mass is 891 g/mol. The van der Waals surface area contributed by atoms with E-state index in [1.165, 1.54) is 205 Å². The largest absolute Gasteiger partial charge is 0.462 e. The number of carbonyl (C=O) groups excluding carboxylic acids is 3. The second-order valence-corrected chi connectivity index (χ2v) is 20.3. The predicted octanol–water partition coefficient (Wildman–Crippen LogP) is 18.5. The summed E-state index contributed by atoms with van der Waals surface area (Å²) in [6.07, 6.45) is 52.3. The average molecular weight is 892 g/mol. The van der Waals surface area contributed by atoms with Crippen molar-refractivity contribution in [3.63, 3.8) is 0 Å². The molecule has 0 spiro atoms. The highest BCUT2D eigenvalue weighted by Crippen LogP contribution is 2.18. The van der Waals surface area contributed by atoms with Crippen LogP contribution in [0.1, 0.15) is 317 Å². The van der Waals surface area contributed by atoms with E-state index in [0.717, 1.165) is 69.6 Å². The van der Waals surface area contributed by atoms with E-state index in [2.05, 4.69) is 34.6 Å². The van der Waals surface area contributed by atoms with Crippen LogP contribution in [0, 0.1) is 11.8 Å². The summed E-state index contributed by atoms with van der Waals surface area (Å²) < 4.78 is 16.9. The van der Waals surface area contributed by atoms with Gasteiger partial charge >= 0.3 is 17.9 Å².